The Labute approximate surface area is 146 Å². The van der Waals surface area contributed by atoms with Crippen molar-refractivity contribution in [2.75, 3.05) is 39.2 Å². The van der Waals surface area contributed by atoms with E-state index in [1.54, 1.807) is 12.1 Å². The number of carbonyl (C=O) groups excluding carboxylic acids is 1. The first-order valence-corrected chi connectivity index (χ1v) is 8.02. The van der Waals surface area contributed by atoms with E-state index < -0.39 is 10.9 Å². The monoisotopic (exact) mass is 349 g/mol. The van der Waals surface area contributed by atoms with Crippen LogP contribution in [-0.2, 0) is 14.3 Å². The Hall–Kier alpha value is -2.45. The fraction of sp³-hybridized carbons (Fsp3) is 0.471. The number of hydrogen-bond acceptors (Lipinski definition) is 7. The molecule has 8 heteroatoms. The molecule has 0 saturated carbocycles. The standard InChI is InChI=1S/C17H23N3O5/c1-12(16-11-19(2)8-9-25-16)18-14-6-4-13(5-7-17(21)24-3)10-15(14)20(22)23/h4-7,10,12,16,18H,8-9,11H2,1-3H3/b7-5+. The van der Waals surface area contributed by atoms with Gasteiger partial charge in [0.05, 0.1) is 30.8 Å². The van der Waals surface area contributed by atoms with Gasteiger partial charge in [0.25, 0.3) is 5.69 Å². The number of esters is 1. The van der Waals surface area contributed by atoms with Gasteiger partial charge in [-0.2, -0.15) is 0 Å². The number of methoxy groups -OCH3 is 1. The summed E-state index contributed by atoms with van der Waals surface area (Å²) in [6, 6.07) is 4.67. The molecule has 0 spiro atoms. The number of morpholine rings is 1. The molecule has 1 aromatic rings. The van der Waals surface area contributed by atoms with E-state index in [1.807, 2.05) is 14.0 Å². The summed E-state index contributed by atoms with van der Waals surface area (Å²) in [4.78, 5) is 24.3. The summed E-state index contributed by atoms with van der Waals surface area (Å²) < 4.78 is 10.3. The van der Waals surface area contributed by atoms with Crippen molar-refractivity contribution < 1.29 is 19.2 Å². The average molecular weight is 349 g/mol. The van der Waals surface area contributed by atoms with E-state index in [4.69, 9.17) is 4.74 Å². The van der Waals surface area contributed by atoms with Crippen LogP contribution in [0.25, 0.3) is 6.08 Å². The van der Waals surface area contributed by atoms with E-state index in [9.17, 15) is 14.9 Å². The third-order valence-electron chi connectivity index (χ3n) is 4.07. The van der Waals surface area contributed by atoms with Crippen LogP contribution >= 0.6 is 0 Å². The normalized spacial score (nSPS) is 19.6. The summed E-state index contributed by atoms with van der Waals surface area (Å²) in [6.45, 7) is 4.23. The molecule has 0 aromatic heterocycles. The average Bonchev–Trinajstić information content (AvgIpc) is 2.60. The second-order valence-electron chi connectivity index (χ2n) is 5.99. The van der Waals surface area contributed by atoms with Crippen LogP contribution in [0.1, 0.15) is 12.5 Å². The molecule has 0 radical (unpaired) electrons. The van der Waals surface area contributed by atoms with Crippen LogP contribution in [0.3, 0.4) is 0 Å². The highest BCUT2D eigenvalue weighted by atomic mass is 16.6. The number of anilines is 1. The number of carbonyl (C=O) groups is 1. The smallest absolute Gasteiger partial charge is 0.330 e. The first-order chi connectivity index (χ1) is 11.9. The molecule has 1 heterocycles. The molecule has 0 amide bonds. The Balaban J connectivity index is 2.15. The maximum absolute atomic E-state index is 11.4. The van der Waals surface area contributed by atoms with E-state index in [-0.39, 0.29) is 17.8 Å². The van der Waals surface area contributed by atoms with Gasteiger partial charge in [-0.3, -0.25) is 10.1 Å². The molecule has 1 aromatic carbocycles. The van der Waals surface area contributed by atoms with E-state index >= 15 is 0 Å². The lowest BCUT2D eigenvalue weighted by molar-refractivity contribution is -0.384. The second-order valence-corrected chi connectivity index (χ2v) is 5.99. The van der Waals surface area contributed by atoms with Gasteiger partial charge in [-0.05, 0) is 31.7 Å². The summed E-state index contributed by atoms with van der Waals surface area (Å²) >= 11 is 0. The van der Waals surface area contributed by atoms with Gasteiger partial charge in [0.15, 0.2) is 0 Å². The molecule has 1 aliphatic heterocycles. The summed E-state index contributed by atoms with van der Waals surface area (Å²) in [5.41, 5.74) is 0.913. The van der Waals surface area contributed by atoms with Crippen LogP contribution in [0.4, 0.5) is 11.4 Å². The number of ether oxygens (including phenoxy) is 2. The number of rotatable bonds is 6. The Kier molecular flexibility index (Phi) is 6.49. The topological polar surface area (TPSA) is 93.9 Å². The lowest BCUT2D eigenvalue weighted by atomic mass is 10.1. The second kappa shape index (κ2) is 8.59. The number of nitro benzene ring substituents is 1. The lowest BCUT2D eigenvalue weighted by Gasteiger charge is -2.34. The van der Waals surface area contributed by atoms with E-state index in [0.717, 1.165) is 13.1 Å². The van der Waals surface area contributed by atoms with Crippen molar-refractivity contribution in [1.29, 1.82) is 0 Å². The maximum atomic E-state index is 11.4. The number of nitrogens with one attached hydrogen (secondary N) is 1. The molecular weight excluding hydrogens is 326 g/mol. The minimum Gasteiger partial charge on any atom is -0.466 e. The fourth-order valence-corrected chi connectivity index (χ4v) is 2.61. The molecule has 0 aliphatic carbocycles. The van der Waals surface area contributed by atoms with Crippen LogP contribution in [0.5, 0.6) is 0 Å². The van der Waals surface area contributed by atoms with Crippen molar-refractivity contribution in [1.82, 2.24) is 4.90 Å². The van der Waals surface area contributed by atoms with Gasteiger partial charge in [0.2, 0.25) is 0 Å². The van der Waals surface area contributed by atoms with Crippen LogP contribution < -0.4 is 5.32 Å². The molecule has 1 saturated heterocycles. The molecule has 1 N–H and O–H groups in total. The summed E-state index contributed by atoms with van der Waals surface area (Å²) in [6.07, 6.45) is 2.66. The zero-order chi connectivity index (χ0) is 18.4. The number of nitro groups is 1. The first-order valence-electron chi connectivity index (χ1n) is 8.02. The van der Waals surface area contributed by atoms with E-state index in [2.05, 4.69) is 15.0 Å². The highest BCUT2D eigenvalue weighted by molar-refractivity contribution is 5.87. The lowest BCUT2D eigenvalue weighted by Crippen LogP contribution is -2.47. The molecule has 1 fully saturated rings. The highest BCUT2D eigenvalue weighted by Gasteiger charge is 2.25. The number of hydrogen-bond donors (Lipinski definition) is 1. The minimum absolute atomic E-state index is 0.0442. The number of benzene rings is 1. The van der Waals surface area contributed by atoms with Gasteiger partial charge in [-0.15, -0.1) is 0 Å². The Morgan fingerprint density at radius 3 is 2.96 bits per heavy atom. The van der Waals surface area contributed by atoms with Crippen molar-refractivity contribution in [2.45, 2.75) is 19.1 Å². The summed E-state index contributed by atoms with van der Waals surface area (Å²) in [5, 5.41) is 14.6. The van der Waals surface area contributed by atoms with Crippen LogP contribution in [0.15, 0.2) is 24.3 Å². The van der Waals surface area contributed by atoms with Gasteiger partial charge >= 0.3 is 5.97 Å². The Bertz CT molecular complexity index is 662. The zero-order valence-corrected chi connectivity index (χ0v) is 14.6. The number of nitrogens with zero attached hydrogens (tertiary/aromatic N) is 2. The van der Waals surface area contributed by atoms with Gasteiger partial charge in [-0.1, -0.05) is 6.07 Å². The number of likely N-dealkylation sites (N-methyl/N-ethyl adjacent to an activating group) is 1. The molecular formula is C17H23N3O5. The molecule has 0 bridgehead atoms. The van der Waals surface area contributed by atoms with Crippen molar-refractivity contribution in [3.05, 3.63) is 40.0 Å². The van der Waals surface area contributed by atoms with Crippen LogP contribution in [0.2, 0.25) is 0 Å². The van der Waals surface area contributed by atoms with Crippen molar-refractivity contribution >= 4 is 23.4 Å². The highest BCUT2D eigenvalue weighted by Crippen LogP contribution is 2.27. The zero-order valence-electron chi connectivity index (χ0n) is 14.6. The Morgan fingerprint density at radius 1 is 1.56 bits per heavy atom. The fourth-order valence-electron chi connectivity index (χ4n) is 2.61. The minimum atomic E-state index is -0.517. The largest absolute Gasteiger partial charge is 0.466 e. The van der Waals surface area contributed by atoms with E-state index in [0.29, 0.717) is 17.9 Å². The molecule has 2 unspecified atom stereocenters. The van der Waals surface area contributed by atoms with Crippen molar-refractivity contribution in [3.63, 3.8) is 0 Å². The predicted molar refractivity (Wildman–Crippen MR) is 94.5 cm³/mol. The van der Waals surface area contributed by atoms with Crippen molar-refractivity contribution in [2.24, 2.45) is 0 Å². The molecule has 2 rings (SSSR count). The third-order valence-corrected chi connectivity index (χ3v) is 4.07. The van der Waals surface area contributed by atoms with Gasteiger partial charge in [-0.25, -0.2) is 4.79 Å². The molecule has 136 valence electrons. The van der Waals surface area contributed by atoms with Crippen LogP contribution in [0, 0.1) is 10.1 Å². The quantitative estimate of drug-likeness (QED) is 0.363. The van der Waals surface area contributed by atoms with Gasteiger partial charge in [0.1, 0.15) is 5.69 Å². The maximum Gasteiger partial charge on any atom is 0.330 e. The van der Waals surface area contributed by atoms with Crippen molar-refractivity contribution in [3.8, 4) is 0 Å². The first kappa shape index (κ1) is 18.9. The molecule has 8 nitrogen and oxygen atoms in total. The van der Waals surface area contributed by atoms with Gasteiger partial charge in [0, 0.05) is 25.2 Å². The van der Waals surface area contributed by atoms with Gasteiger partial charge < -0.3 is 19.7 Å². The molecule has 25 heavy (non-hydrogen) atoms. The molecule has 1 aliphatic rings. The van der Waals surface area contributed by atoms with E-state index in [1.165, 1.54) is 25.3 Å². The summed E-state index contributed by atoms with van der Waals surface area (Å²) in [7, 11) is 3.29. The predicted octanol–water partition coefficient (Wildman–Crippen LogP) is 1.91. The summed E-state index contributed by atoms with van der Waals surface area (Å²) in [5.74, 6) is -0.517. The SMILES string of the molecule is COC(=O)/C=C/c1ccc(NC(C)C2CN(C)CCO2)c([N+](=O)[O-])c1. The Morgan fingerprint density at radius 2 is 2.32 bits per heavy atom. The molecule has 2 atom stereocenters. The third kappa shape index (κ3) is 5.27. The van der Waals surface area contributed by atoms with Crippen LogP contribution in [-0.4, -0.2) is 61.8 Å².